The topological polar surface area (TPSA) is 80.9 Å². The first kappa shape index (κ1) is 12.8. The van der Waals surface area contributed by atoms with E-state index in [0.29, 0.717) is 5.69 Å². The number of carbonyl (C=O) groups is 1. The molecule has 0 bridgehead atoms. The van der Waals surface area contributed by atoms with Crippen molar-refractivity contribution in [2.45, 2.75) is 5.16 Å². The van der Waals surface area contributed by atoms with Crippen molar-refractivity contribution in [2.75, 3.05) is 5.75 Å². The van der Waals surface area contributed by atoms with E-state index in [2.05, 4.69) is 15.5 Å². The predicted octanol–water partition coefficient (Wildman–Crippen LogP) is 1.63. The van der Waals surface area contributed by atoms with Gasteiger partial charge in [-0.3, -0.25) is 4.79 Å². The Bertz CT molecular complexity index is 571. The lowest BCUT2D eigenvalue weighted by molar-refractivity contribution is -0.133. The van der Waals surface area contributed by atoms with Crippen molar-refractivity contribution in [2.24, 2.45) is 0 Å². The zero-order valence-electron chi connectivity index (χ0n) is 8.75. The van der Waals surface area contributed by atoms with Crippen molar-refractivity contribution in [3.05, 3.63) is 29.0 Å². The van der Waals surface area contributed by atoms with Gasteiger partial charge in [0.05, 0.1) is 11.4 Å². The van der Waals surface area contributed by atoms with Crippen LogP contribution >= 0.6 is 23.4 Å². The summed E-state index contributed by atoms with van der Waals surface area (Å²) >= 11 is 6.65. The number of hydrogen-bond acceptors (Lipinski definition) is 5. The number of tetrazole rings is 1. The molecule has 0 saturated heterocycles. The molecule has 0 atom stereocenters. The first-order valence-electron chi connectivity index (χ1n) is 4.65. The smallest absolute Gasteiger partial charge is 0.313 e. The van der Waals surface area contributed by atoms with Crippen LogP contribution in [0.4, 0.5) is 4.39 Å². The number of rotatable bonds is 4. The summed E-state index contributed by atoms with van der Waals surface area (Å²) in [6.07, 6.45) is 0. The zero-order valence-corrected chi connectivity index (χ0v) is 10.3. The quantitative estimate of drug-likeness (QED) is 0.861. The van der Waals surface area contributed by atoms with Crippen molar-refractivity contribution in [3.63, 3.8) is 0 Å². The first-order chi connectivity index (χ1) is 8.56. The van der Waals surface area contributed by atoms with Crippen LogP contribution in [0, 0.1) is 5.82 Å². The Labute approximate surface area is 110 Å². The van der Waals surface area contributed by atoms with Gasteiger partial charge in [-0.05, 0) is 28.6 Å². The van der Waals surface area contributed by atoms with Crippen LogP contribution in [0.1, 0.15) is 0 Å². The van der Waals surface area contributed by atoms with Gasteiger partial charge in [0.15, 0.2) is 0 Å². The van der Waals surface area contributed by atoms with Gasteiger partial charge in [-0.25, -0.2) is 4.39 Å². The molecular formula is C9H6ClFN4O2S. The van der Waals surface area contributed by atoms with Crippen LogP contribution in [0.2, 0.25) is 5.02 Å². The Morgan fingerprint density at radius 3 is 2.94 bits per heavy atom. The van der Waals surface area contributed by atoms with Crippen LogP contribution in [0.5, 0.6) is 0 Å². The Balaban J connectivity index is 2.33. The monoisotopic (exact) mass is 288 g/mol. The van der Waals surface area contributed by atoms with Crippen LogP contribution in [0.15, 0.2) is 23.4 Å². The molecule has 6 nitrogen and oxygen atoms in total. The Morgan fingerprint density at radius 1 is 1.50 bits per heavy atom. The van der Waals surface area contributed by atoms with Crippen LogP contribution in [-0.2, 0) is 4.79 Å². The second kappa shape index (κ2) is 5.32. The lowest BCUT2D eigenvalue weighted by atomic mass is 10.3. The number of halogens is 2. The summed E-state index contributed by atoms with van der Waals surface area (Å²) in [7, 11) is 0. The predicted molar refractivity (Wildman–Crippen MR) is 62.5 cm³/mol. The molecule has 0 unspecified atom stereocenters. The number of aromatic nitrogens is 4. The fourth-order valence-corrected chi connectivity index (χ4v) is 2.05. The molecule has 0 saturated carbocycles. The molecular weight excluding hydrogens is 283 g/mol. The number of carboxylic acids is 1. The molecule has 1 aromatic carbocycles. The molecule has 0 aliphatic carbocycles. The van der Waals surface area contributed by atoms with E-state index >= 15 is 0 Å². The second-order valence-corrected chi connectivity index (χ2v) is 4.56. The summed E-state index contributed by atoms with van der Waals surface area (Å²) in [5.41, 5.74) is 0.331. The van der Waals surface area contributed by atoms with Gasteiger partial charge in [0.25, 0.3) is 0 Å². The van der Waals surface area contributed by atoms with E-state index in [-0.39, 0.29) is 15.9 Å². The van der Waals surface area contributed by atoms with E-state index in [9.17, 15) is 9.18 Å². The molecule has 0 fully saturated rings. The molecule has 1 aromatic heterocycles. The minimum Gasteiger partial charge on any atom is -0.481 e. The molecule has 0 amide bonds. The molecule has 0 aliphatic rings. The molecule has 9 heteroatoms. The molecule has 2 aromatic rings. The van der Waals surface area contributed by atoms with Crippen molar-refractivity contribution in [1.82, 2.24) is 20.2 Å². The highest BCUT2D eigenvalue weighted by Gasteiger charge is 2.12. The number of aliphatic carboxylic acids is 1. The summed E-state index contributed by atoms with van der Waals surface area (Å²) in [6.45, 7) is 0. The summed E-state index contributed by atoms with van der Waals surface area (Å²) in [6, 6.07) is 3.83. The molecule has 94 valence electrons. The van der Waals surface area contributed by atoms with Gasteiger partial charge >= 0.3 is 5.97 Å². The van der Waals surface area contributed by atoms with Crippen LogP contribution in [-0.4, -0.2) is 37.0 Å². The Morgan fingerprint density at radius 2 is 2.28 bits per heavy atom. The molecule has 2 rings (SSSR count). The molecule has 0 radical (unpaired) electrons. The minimum absolute atomic E-state index is 0.191. The number of carboxylic acid groups (broad SMARTS) is 1. The Hall–Kier alpha value is -1.67. The SMILES string of the molecule is O=C(O)CSc1nnnn1-c1cc(F)cc(Cl)c1. The maximum absolute atomic E-state index is 13.2. The van der Waals surface area contributed by atoms with E-state index in [4.69, 9.17) is 16.7 Å². The zero-order chi connectivity index (χ0) is 13.1. The molecule has 0 aliphatic heterocycles. The number of hydrogen-bond donors (Lipinski definition) is 1. The van der Waals surface area contributed by atoms with Gasteiger partial charge in [-0.2, -0.15) is 4.68 Å². The van der Waals surface area contributed by atoms with Gasteiger partial charge in [-0.1, -0.05) is 23.4 Å². The van der Waals surface area contributed by atoms with Gasteiger partial charge in [-0.15, -0.1) is 5.10 Å². The maximum atomic E-state index is 13.2. The van der Waals surface area contributed by atoms with Gasteiger partial charge in [0.1, 0.15) is 5.82 Å². The summed E-state index contributed by atoms with van der Waals surface area (Å²) in [4.78, 5) is 10.5. The normalized spacial score (nSPS) is 10.6. The van der Waals surface area contributed by atoms with Crippen molar-refractivity contribution in [3.8, 4) is 5.69 Å². The molecule has 0 spiro atoms. The van der Waals surface area contributed by atoms with Crippen LogP contribution in [0.3, 0.4) is 0 Å². The average Bonchev–Trinajstić information content (AvgIpc) is 2.72. The standard InChI is InChI=1S/C9H6ClFN4O2S/c10-5-1-6(11)3-7(2-5)15-9(12-13-14-15)18-4-8(16)17/h1-3H,4H2,(H,16,17). The third kappa shape index (κ3) is 2.96. The van der Waals surface area contributed by atoms with E-state index < -0.39 is 11.8 Å². The molecule has 18 heavy (non-hydrogen) atoms. The van der Waals surface area contributed by atoms with Gasteiger partial charge in [0.2, 0.25) is 5.16 Å². The minimum atomic E-state index is -0.994. The average molecular weight is 289 g/mol. The summed E-state index contributed by atoms with van der Waals surface area (Å²) < 4.78 is 14.4. The number of nitrogens with zero attached hydrogens (tertiary/aromatic N) is 4. The highest BCUT2D eigenvalue weighted by atomic mass is 35.5. The fraction of sp³-hybridized carbons (Fsp3) is 0.111. The Kier molecular flexibility index (Phi) is 3.78. The van der Waals surface area contributed by atoms with Crippen molar-refractivity contribution < 1.29 is 14.3 Å². The first-order valence-corrected chi connectivity index (χ1v) is 6.02. The van der Waals surface area contributed by atoms with Gasteiger partial charge in [0, 0.05) is 5.02 Å². The third-order valence-corrected chi connectivity index (χ3v) is 2.98. The highest BCUT2D eigenvalue weighted by molar-refractivity contribution is 7.99. The van der Waals surface area contributed by atoms with Gasteiger partial charge < -0.3 is 5.11 Å². The summed E-state index contributed by atoms with van der Waals surface area (Å²) in [5, 5.41) is 19.8. The van der Waals surface area contributed by atoms with Crippen LogP contribution in [0.25, 0.3) is 5.69 Å². The van der Waals surface area contributed by atoms with E-state index in [1.165, 1.54) is 16.8 Å². The summed E-state index contributed by atoms with van der Waals surface area (Å²) in [5.74, 6) is -1.71. The van der Waals surface area contributed by atoms with E-state index in [0.717, 1.165) is 17.8 Å². The second-order valence-electron chi connectivity index (χ2n) is 3.18. The lowest BCUT2D eigenvalue weighted by Gasteiger charge is -2.03. The molecule has 1 heterocycles. The van der Waals surface area contributed by atoms with Crippen LogP contribution < -0.4 is 0 Å². The third-order valence-electron chi connectivity index (χ3n) is 1.86. The number of thioether (sulfide) groups is 1. The number of benzene rings is 1. The van der Waals surface area contributed by atoms with Crippen molar-refractivity contribution >= 4 is 29.3 Å². The van der Waals surface area contributed by atoms with E-state index in [1.807, 2.05) is 0 Å². The van der Waals surface area contributed by atoms with Crippen molar-refractivity contribution in [1.29, 1.82) is 0 Å². The van der Waals surface area contributed by atoms with E-state index in [1.54, 1.807) is 0 Å². The highest BCUT2D eigenvalue weighted by Crippen LogP contribution is 2.21. The molecule has 1 N–H and O–H groups in total. The fourth-order valence-electron chi connectivity index (χ4n) is 1.22. The largest absolute Gasteiger partial charge is 0.481 e. The lowest BCUT2D eigenvalue weighted by Crippen LogP contribution is -2.03. The maximum Gasteiger partial charge on any atom is 0.313 e.